The lowest BCUT2D eigenvalue weighted by atomic mass is 9.46. The van der Waals surface area contributed by atoms with Crippen LogP contribution in [0.2, 0.25) is 0 Å². The van der Waals surface area contributed by atoms with Gasteiger partial charge in [0.1, 0.15) is 0 Å². The zero-order chi connectivity index (χ0) is 27.9. The van der Waals surface area contributed by atoms with Gasteiger partial charge in [-0.1, -0.05) is 19.9 Å². The first kappa shape index (κ1) is 27.0. The number of hydrogen-bond donors (Lipinski definition) is 3. The Hall–Kier alpha value is -2.56. The molecule has 3 fully saturated rings. The van der Waals surface area contributed by atoms with E-state index in [1.165, 1.54) is 6.08 Å². The molecule has 5 nitrogen and oxygen atoms in total. The number of carbonyl (C=O) groups is 2. The van der Waals surface area contributed by atoms with E-state index < -0.39 is 57.5 Å². The number of amides is 2. The van der Waals surface area contributed by atoms with Crippen molar-refractivity contribution in [2.75, 3.05) is 5.32 Å². The zero-order valence-electron chi connectivity index (χ0n) is 21.1. The highest BCUT2D eigenvalue weighted by molar-refractivity contribution is 5.94. The van der Waals surface area contributed by atoms with Gasteiger partial charge < -0.3 is 16.4 Å². The third-order valence-corrected chi connectivity index (χ3v) is 10.2. The number of hydrogen-bond acceptors (Lipinski definition) is 3. The van der Waals surface area contributed by atoms with Crippen molar-refractivity contribution in [2.24, 2.45) is 40.2 Å². The van der Waals surface area contributed by atoms with E-state index in [2.05, 4.69) is 10.6 Å². The van der Waals surface area contributed by atoms with Crippen LogP contribution >= 0.6 is 0 Å². The van der Waals surface area contributed by atoms with Gasteiger partial charge in [0.2, 0.25) is 11.8 Å². The van der Waals surface area contributed by atoms with Gasteiger partial charge in [0.05, 0.1) is 22.5 Å². The van der Waals surface area contributed by atoms with Crippen LogP contribution in [-0.2, 0) is 21.9 Å². The molecule has 5 rings (SSSR count). The molecule has 2 amide bonds. The Labute approximate surface area is 216 Å². The molecule has 7 atom stereocenters. The van der Waals surface area contributed by atoms with Gasteiger partial charge in [0.25, 0.3) is 0 Å². The maximum atomic E-state index is 13.6. The van der Waals surface area contributed by atoms with Gasteiger partial charge in [-0.05, 0) is 86.0 Å². The average molecular weight is 544 g/mol. The average Bonchev–Trinajstić information content (AvgIpc) is 3.16. The topological polar surface area (TPSA) is 84.2 Å². The van der Waals surface area contributed by atoms with E-state index >= 15 is 0 Å². The van der Waals surface area contributed by atoms with E-state index in [-0.39, 0.29) is 23.7 Å². The normalized spacial score (nSPS) is 38.6. The lowest BCUT2D eigenvalue weighted by Crippen LogP contribution is -2.72. The van der Waals surface area contributed by atoms with Crippen molar-refractivity contribution >= 4 is 17.5 Å². The molecule has 3 saturated carbocycles. The molecule has 4 aliphatic rings. The Kier molecular flexibility index (Phi) is 6.02. The molecule has 3 aliphatic carbocycles. The summed E-state index contributed by atoms with van der Waals surface area (Å²) < 4.78 is 80.5. The van der Waals surface area contributed by atoms with Crippen molar-refractivity contribution in [3.05, 3.63) is 41.5 Å². The van der Waals surface area contributed by atoms with Gasteiger partial charge in [-0.3, -0.25) is 9.59 Å². The van der Waals surface area contributed by atoms with Gasteiger partial charge in [-0.15, -0.1) is 0 Å². The van der Waals surface area contributed by atoms with Crippen molar-refractivity contribution in [3.8, 4) is 0 Å². The summed E-state index contributed by atoms with van der Waals surface area (Å²) in [6.45, 7) is 4.03. The third kappa shape index (κ3) is 4.03. The summed E-state index contributed by atoms with van der Waals surface area (Å²) in [5.41, 5.74) is 1.38. The van der Waals surface area contributed by atoms with E-state index in [0.29, 0.717) is 50.3 Å². The van der Waals surface area contributed by atoms with Gasteiger partial charge in [-0.25, -0.2) is 0 Å². The number of anilines is 1. The minimum absolute atomic E-state index is 0.105. The molecule has 1 heterocycles. The number of benzene rings is 1. The summed E-state index contributed by atoms with van der Waals surface area (Å²) >= 11 is 0. The number of fused-ring (bicyclic) bond motifs is 5. The Morgan fingerprint density at radius 2 is 1.71 bits per heavy atom. The summed E-state index contributed by atoms with van der Waals surface area (Å²) in [5.74, 6) is -1.09. The first-order valence-electron chi connectivity index (χ1n) is 12.9. The smallest absolute Gasteiger partial charge is 0.334 e. The lowest BCUT2D eigenvalue weighted by Gasteiger charge is -2.62. The van der Waals surface area contributed by atoms with Crippen molar-refractivity contribution in [1.82, 2.24) is 5.32 Å². The molecule has 0 bridgehead atoms. The summed E-state index contributed by atoms with van der Waals surface area (Å²) in [6, 6.07) is 1.09. The van der Waals surface area contributed by atoms with Crippen LogP contribution in [0.25, 0.3) is 0 Å². The summed E-state index contributed by atoms with van der Waals surface area (Å²) in [6.07, 6.45) is -2.60. The number of halogens is 6. The molecule has 0 radical (unpaired) electrons. The first-order chi connectivity index (χ1) is 17.5. The van der Waals surface area contributed by atoms with E-state index in [9.17, 15) is 35.9 Å². The quantitative estimate of drug-likeness (QED) is 0.409. The van der Waals surface area contributed by atoms with E-state index in [0.717, 1.165) is 6.42 Å². The minimum Gasteiger partial charge on any atom is -0.334 e. The fraction of sp³-hybridized carbons (Fsp3) is 0.630. The van der Waals surface area contributed by atoms with Crippen molar-refractivity contribution in [1.29, 1.82) is 0 Å². The Morgan fingerprint density at radius 3 is 2.37 bits per heavy atom. The van der Waals surface area contributed by atoms with Crippen LogP contribution in [-0.4, -0.2) is 17.5 Å². The largest absolute Gasteiger partial charge is 0.418 e. The van der Waals surface area contributed by atoms with Crippen molar-refractivity contribution < 1.29 is 35.9 Å². The molecule has 38 heavy (non-hydrogen) atoms. The number of nitrogens with two attached hydrogens (primary N) is 1. The Bertz CT molecular complexity index is 1200. The predicted octanol–water partition coefficient (Wildman–Crippen LogP) is 5.86. The maximum absolute atomic E-state index is 13.6. The Balaban J connectivity index is 1.41. The first-order valence-corrected chi connectivity index (χ1v) is 12.9. The van der Waals surface area contributed by atoms with Crippen LogP contribution in [0.4, 0.5) is 32.0 Å². The van der Waals surface area contributed by atoms with E-state index in [1.807, 2.05) is 19.9 Å². The second-order valence-electron chi connectivity index (χ2n) is 11.9. The summed E-state index contributed by atoms with van der Waals surface area (Å²) in [5, 5.41) is 5.17. The SMILES string of the molecule is C[C@]12CCC3C(CCC4(N)NC(=O)C=C[C@]34C)C1CC[C@@H]2C(=O)Nc1cc(C(F)(F)F)ccc1C(F)(F)F. The maximum Gasteiger partial charge on any atom is 0.418 e. The predicted molar refractivity (Wildman–Crippen MR) is 127 cm³/mol. The highest BCUT2D eigenvalue weighted by Gasteiger charge is 2.64. The molecule has 0 saturated heterocycles. The van der Waals surface area contributed by atoms with Crippen molar-refractivity contribution in [2.45, 2.75) is 70.4 Å². The van der Waals surface area contributed by atoms with Gasteiger partial charge in [-0.2, -0.15) is 26.3 Å². The second-order valence-corrected chi connectivity index (χ2v) is 11.9. The number of rotatable bonds is 2. The molecular formula is C27H31F6N3O2. The van der Waals surface area contributed by atoms with Crippen LogP contribution in [0.1, 0.15) is 63.5 Å². The highest BCUT2D eigenvalue weighted by atomic mass is 19.4. The third-order valence-electron chi connectivity index (χ3n) is 10.2. The highest BCUT2D eigenvalue weighted by Crippen LogP contribution is 2.66. The standard InChI is InChI=1S/C27H31F6N3O2/c1-23-10-8-17-15(7-12-25(34)24(17,2)11-9-21(37)36-25)16(23)5-6-19(23)22(38)35-20-13-14(26(28,29)30)3-4-18(20)27(31,32)33/h3-4,9,11,13,15-17,19H,5-8,10,12,34H2,1-2H3,(H,35,38)(H,36,37)/t15?,16?,17?,19-,23+,24-,25?/m1/s1. The second kappa shape index (κ2) is 8.47. The molecule has 1 aromatic rings. The number of alkyl halides is 6. The fourth-order valence-electron chi connectivity index (χ4n) is 8.13. The van der Waals surface area contributed by atoms with Gasteiger partial charge in [0.15, 0.2) is 0 Å². The molecule has 208 valence electrons. The van der Waals surface area contributed by atoms with Gasteiger partial charge in [0, 0.05) is 11.3 Å². The zero-order valence-corrected chi connectivity index (χ0v) is 21.1. The number of carbonyl (C=O) groups excluding carboxylic acids is 2. The van der Waals surface area contributed by atoms with Crippen LogP contribution in [0.3, 0.4) is 0 Å². The molecule has 11 heteroatoms. The summed E-state index contributed by atoms with van der Waals surface area (Å²) in [7, 11) is 0. The lowest BCUT2D eigenvalue weighted by molar-refractivity contribution is -0.141. The van der Waals surface area contributed by atoms with Crippen molar-refractivity contribution in [3.63, 3.8) is 0 Å². The van der Waals surface area contributed by atoms with E-state index in [4.69, 9.17) is 5.73 Å². The molecule has 4 unspecified atom stereocenters. The molecule has 0 aromatic heterocycles. The van der Waals surface area contributed by atoms with Crippen LogP contribution in [0, 0.1) is 34.5 Å². The van der Waals surface area contributed by atoms with E-state index in [1.54, 1.807) is 0 Å². The molecule has 0 spiro atoms. The van der Waals surface area contributed by atoms with Crippen LogP contribution in [0.15, 0.2) is 30.4 Å². The molecular weight excluding hydrogens is 512 g/mol. The fourth-order valence-corrected chi connectivity index (χ4v) is 8.13. The monoisotopic (exact) mass is 543 g/mol. The number of nitrogens with one attached hydrogen (secondary N) is 2. The summed E-state index contributed by atoms with van der Waals surface area (Å²) in [4.78, 5) is 25.4. The van der Waals surface area contributed by atoms with Gasteiger partial charge >= 0.3 is 12.4 Å². The minimum atomic E-state index is -4.93. The van der Waals surface area contributed by atoms with Crippen LogP contribution < -0.4 is 16.4 Å². The Morgan fingerprint density at radius 1 is 1.00 bits per heavy atom. The molecule has 1 aromatic carbocycles. The molecule has 4 N–H and O–H groups in total. The van der Waals surface area contributed by atoms with Crippen LogP contribution in [0.5, 0.6) is 0 Å². The molecule has 1 aliphatic heterocycles.